The van der Waals surface area contributed by atoms with Crippen LogP contribution in [0.4, 0.5) is 0 Å². The lowest BCUT2D eigenvalue weighted by Gasteiger charge is -2.47. The standard InChI is InChI=1S/C17H34N6/c1-3-18-17(19-12-15-6-5-7-22(15)4-2)20-13-16-14-21-8-10-23(16)11-9-21/h15-16H,3-14H2,1-2H3,(H2,18,19,20). The van der Waals surface area contributed by atoms with Crippen LogP contribution in [0.5, 0.6) is 0 Å². The van der Waals surface area contributed by atoms with E-state index in [-0.39, 0.29) is 0 Å². The molecule has 23 heavy (non-hydrogen) atoms. The molecule has 0 aliphatic carbocycles. The molecule has 0 aromatic rings. The lowest BCUT2D eigenvalue weighted by atomic mass is 10.1. The van der Waals surface area contributed by atoms with E-state index in [9.17, 15) is 0 Å². The van der Waals surface area contributed by atoms with E-state index < -0.39 is 0 Å². The number of hydrogen-bond acceptors (Lipinski definition) is 4. The molecule has 2 atom stereocenters. The largest absolute Gasteiger partial charge is 0.357 e. The summed E-state index contributed by atoms with van der Waals surface area (Å²) in [4.78, 5) is 12.6. The molecule has 0 aromatic heterocycles. The molecule has 132 valence electrons. The minimum atomic E-state index is 0.603. The summed E-state index contributed by atoms with van der Waals surface area (Å²) in [6.45, 7) is 15.8. The maximum Gasteiger partial charge on any atom is 0.191 e. The second-order valence-electron chi connectivity index (χ2n) is 7.02. The average Bonchev–Trinajstić information content (AvgIpc) is 3.06. The Kier molecular flexibility index (Phi) is 6.14. The molecule has 6 heteroatoms. The van der Waals surface area contributed by atoms with E-state index in [1.807, 2.05) is 0 Å². The Morgan fingerprint density at radius 1 is 1.04 bits per heavy atom. The van der Waals surface area contributed by atoms with Crippen molar-refractivity contribution in [3.8, 4) is 0 Å². The van der Waals surface area contributed by atoms with Crippen molar-refractivity contribution >= 4 is 5.96 Å². The van der Waals surface area contributed by atoms with E-state index in [1.165, 1.54) is 52.1 Å². The van der Waals surface area contributed by atoms with Crippen molar-refractivity contribution < 1.29 is 0 Å². The zero-order chi connectivity index (χ0) is 16.1. The Morgan fingerprint density at radius 3 is 2.52 bits per heavy atom. The molecule has 4 aliphatic rings. The third-order valence-electron chi connectivity index (χ3n) is 5.61. The quantitative estimate of drug-likeness (QED) is 0.533. The average molecular weight is 323 g/mol. The first-order chi connectivity index (χ1) is 11.3. The highest BCUT2D eigenvalue weighted by Gasteiger charge is 2.31. The molecule has 2 bridgehead atoms. The highest BCUT2D eigenvalue weighted by Crippen LogP contribution is 2.16. The van der Waals surface area contributed by atoms with Gasteiger partial charge in [-0.25, -0.2) is 0 Å². The van der Waals surface area contributed by atoms with Gasteiger partial charge in [-0.2, -0.15) is 0 Å². The summed E-state index contributed by atoms with van der Waals surface area (Å²) in [5, 5.41) is 6.99. The Bertz CT molecular complexity index is 391. The Hall–Kier alpha value is -0.850. The lowest BCUT2D eigenvalue weighted by Crippen LogP contribution is -2.62. The first kappa shape index (κ1) is 17.0. The maximum atomic E-state index is 4.88. The van der Waals surface area contributed by atoms with Gasteiger partial charge in [0.1, 0.15) is 0 Å². The van der Waals surface area contributed by atoms with Crippen molar-refractivity contribution in [3.05, 3.63) is 0 Å². The fourth-order valence-electron chi connectivity index (χ4n) is 4.19. The van der Waals surface area contributed by atoms with Gasteiger partial charge in [0.05, 0.1) is 6.54 Å². The van der Waals surface area contributed by atoms with Crippen molar-refractivity contribution in [2.75, 3.05) is 65.4 Å². The molecule has 0 aromatic carbocycles. The molecular weight excluding hydrogens is 288 g/mol. The number of nitrogens with zero attached hydrogens (tertiary/aromatic N) is 4. The van der Waals surface area contributed by atoms with Crippen molar-refractivity contribution in [2.45, 2.75) is 38.8 Å². The summed E-state index contributed by atoms with van der Waals surface area (Å²) in [6.07, 6.45) is 2.65. The van der Waals surface area contributed by atoms with E-state index in [1.54, 1.807) is 0 Å². The SMILES string of the molecule is CCNC(=NCC1CN2CCN1CC2)NCC1CCCN1CC. The van der Waals surface area contributed by atoms with Crippen LogP contribution in [0, 0.1) is 0 Å². The number of piperazine rings is 3. The molecule has 0 saturated carbocycles. The van der Waals surface area contributed by atoms with Crippen LogP contribution < -0.4 is 10.6 Å². The van der Waals surface area contributed by atoms with E-state index in [0.717, 1.165) is 32.1 Å². The van der Waals surface area contributed by atoms with Crippen molar-refractivity contribution in [1.29, 1.82) is 0 Å². The van der Waals surface area contributed by atoms with Crippen LogP contribution in [0.3, 0.4) is 0 Å². The van der Waals surface area contributed by atoms with Gasteiger partial charge in [0.25, 0.3) is 0 Å². The summed E-state index contributed by atoms with van der Waals surface area (Å²) < 4.78 is 0. The van der Waals surface area contributed by atoms with Gasteiger partial charge in [0.2, 0.25) is 0 Å². The highest BCUT2D eigenvalue weighted by atomic mass is 15.3. The number of guanidine groups is 1. The normalized spacial score (nSPS) is 34.8. The van der Waals surface area contributed by atoms with Crippen LogP contribution in [0.1, 0.15) is 26.7 Å². The number of aliphatic imine (C=N–C) groups is 1. The molecule has 4 saturated heterocycles. The third-order valence-corrected chi connectivity index (χ3v) is 5.61. The predicted molar refractivity (Wildman–Crippen MR) is 96.1 cm³/mol. The van der Waals surface area contributed by atoms with Crippen molar-refractivity contribution in [3.63, 3.8) is 0 Å². The first-order valence-corrected chi connectivity index (χ1v) is 9.52. The fraction of sp³-hybridized carbons (Fsp3) is 0.941. The maximum absolute atomic E-state index is 4.88. The van der Waals surface area contributed by atoms with E-state index in [0.29, 0.717) is 12.1 Å². The molecular formula is C17H34N6. The smallest absolute Gasteiger partial charge is 0.191 e. The summed E-state index contributed by atoms with van der Waals surface area (Å²) in [5.74, 6) is 0.994. The van der Waals surface area contributed by atoms with Crippen LogP contribution in [0.25, 0.3) is 0 Å². The van der Waals surface area contributed by atoms with Gasteiger partial charge in [0, 0.05) is 57.9 Å². The first-order valence-electron chi connectivity index (χ1n) is 9.52. The summed E-state index contributed by atoms with van der Waals surface area (Å²) in [5.41, 5.74) is 0. The monoisotopic (exact) mass is 322 g/mol. The number of nitrogens with one attached hydrogen (secondary N) is 2. The summed E-state index contributed by atoms with van der Waals surface area (Å²) >= 11 is 0. The van der Waals surface area contributed by atoms with Crippen molar-refractivity contribution in [1.82, 2.24) is 25.3 Å². The molecule has 0 radical (unpaired) electrons. The molecule has 4 aliphatic heterocycles. The zero-order valence-electron chi connectivity index (χ0n) is 14.9. The Balaban J connectivity index is 1.49. The molecule has 0 spiro atoms. The van der Waals surface area contributed by atoms with Crippen LogP contribution >= 0.6 is 0 Å². The summed E-state index contributed by atoms with van der Waals surface area (Å²) in [6, 6.07) is 1.27. The molecule has 4 fully saturated rings. The molecule has 4 heterocycles. The van der Waals surface area contributed by atoms with Gasteiger partial charge in [0.15, 0.2) is 5.96 Å². The fourth-order valence-corrected chi connectivity index (χ4v) is 4.19. The molecule has 4 rings (SSSR count). The van der Waals surface area contributed by atoms with Crippen LogP contribution in [0.15, 0.2) is 4.99 Å². The van der Waals surface area contributed by atoms with E-state index in [2.05, 4.69) is 39.2 Å². The van der Waals surface area contributed by atoms with Gasteiger partial charge < -0.3 is 10.6 Å². The zero-order valence-corrected chi connectivity index (χ0v) is 14.9. The van der Waals surface area contributed by atoms with Crippen molar-refractivity contribution in [2.24, 2.45) is 4.99 Å². The van der Waals surface area contributed by atoms with Gasteiger partial charge in [-0.05, 0) is 32.9 Å². The predicted octanol–water partition coefficient (Wildman–Crippen LogP) is 0.0256. The Labute approximate surface area is 141 Å². The molecule has 2 N–H and O–H groups in total. The minimum absolute atomic E-state index is 0.603. The topological polar surface area (TPSA) is 46.1 Å². The minimum Gasteiger partial charge on any atom is -0.357 e. The molecule has 2 unspecified atom stereocenters. The number of hydrogen-bond donors (Lipinski definition) is 2. The number of rotatable bonds is 6. The van der Waals surface area contributed by atoms with Crippen LogP contribution in [-0.4, -0.2) is 98.2 Å². The molecule has 6 nitrogen and oxygen atoms in total. The van der Waals surface area contributed by atoms with Crippen LogP contribution in [0.2, 0.25) is 0 Å². The van der Waals surface area contributed by atoms with Gasteiger partial charge in [-0.3, -0.25) is 19.7 Å². The Morgan fingerprint density at radius 2 is 1.87 bits per heavy atom. The van der Waals surface area contributed by atoms with Gasteiger partial charge >= 0.3 is 0 Å². The number of likely N-dealkylation sites (N-methyl/N-ethyl adjacent to an activating group) is 1. The summed E-state index contributed by atoms with van der Waals surface area (Å²) in [7, 11) is 0. The lowest BCUT2D eigenvalue weighted by molar-refractivity contribution is 0.0174. The number of likely N-dealkylation sites (tertiary alicyclic amines) is 1. The second kappa shape index (κ2) is 8.31. The molecule has 0 amide bonds. The van der Waals surface area contributed by atoms with Gasteiger partial charge in [-0.1, -0.05) is 6.92 Å². The second-order valence-corrected chi connectivity index (χ2v) is 7.02. The van der Waals surface area contributed by atoms with E-state index >= 15 is 0 Å². The van der Waals surface area contributed by atoms with E-state index in [4.69, 9.17) is 4.99 Å². The van der Waals surface area contributed by atoms with Crippen LogP contribution in [-0.2, 0) is 0 Å². The third kappa shape index (κ3) is 4.37. The van der Waals surface area contributed by atoms with Gasteiger partial charge in [-0.15, -0.1) is 0 Å². The highest BCUT2D eigenvalue weighted by molar-refractivity contribution is 5.79. The number of fused-ring (bicyclic) bond motifs is 3.